The number of sulfonamides is 1. The summed E-state index contributed by atoms with van der Waals surface area (Å²) in [5, 5.41) is 5.55. The highest BCUT2D eigenvalue weighted by molar-refractivity contribution is 7.89. The second-order valence-electron chi connectivity index (χ2n) is 10.1. The Morgan fingerprint density at radius 3 is 2.34 bits per heavy atom. The number of carbonyl (C=O) groups is 1. The Labute approximate surface area is 223 Å². The van der Waals surface area contributed by atoms with Crippen LogP contribution in [-0.4, -0.2) is 69.1 Å². The summed E-state index contributed by atoms with van der Waals surface area (Å²) < 4.78 is 53.5. The molecule has 2 unspecified atom stereocenters. The summed E-state index contributed by atoms with van der Waals surface area (Å²) in [6, 6.07) is 10.7. The van der Waals surface area contributed by atoms with Gasteiger partial charge in [0.15, 0.2) is 11.5 Å². The summed E-state index contributed by atoms with van der Waals surface area (Å²) in [5.74, 6) is 0.578. The van der Waals surface area contributed by atoms with E-state index in [0.29, 0.717) is 24.3 Å². The van der Waals surface area contributed by atoms with Gasteiger partial charge in [-0.05, 0) is 37.1 Å². The minimum atomic E-state index is -3.88. The van der Waals surface area contributed by atoms with Crippen molar-refractivity contribution in [2.24, 2.45) is 10.5 Å². The first kappa shape index (κ1) is 27.8. The van der Waals surface area contributed by atoms with Crippen molar-refractivity contribution in [3.05, 3.63) is 72.1 Å². The predicted octanol–water partition coefficient (Wildman–Crippen LogP) is 4.18. The molecule has 0 saturated carbocycles. The Balaban J connectivity index is 1.57. The summed E-state index contributed by atoms with van der Waals surface area (Å²) >= 11 is 0. The molecule has 1 saturated heterocycles. The highest BCUT2D eigenvalue weighted by Gasteiger charge is 2.48. The van der Waals surface area contributed by atoms with Crippen LogP contribution in [0.15, 0.2) is 60.2 Å². The molecule has 10 heteroatoms. The molecule has 2 aromatic carbocycles. The number of methoxy groups -OCH3 is 2. The van der Waals surface area contributed by atoms with Gasteiger partial charge in [-0.15, -0.1) is 6.58 Å². The van der Waals surface area contributed by atoms with Gasteiger partial charge >= 0.3 is 0 Å². The number of benzene rings is 2. The van der Waals surface area contributed by atoms with Crippen molar-refractivity contribution < 1.29 is 27.1 Å². The van der Waals surface area contributed by atoms with Crippen molar-refractivity contribution in [2.45, 2.75) is 44.0 Å². The van der Waals surface area contributed by atoms with Gasteiger partial charge in [-0.2, -0.15) is 5.10 Å². The van der Waals surface area contributed by atoms with Crippen LogP contribution in [0.4, 0.5) is 4.39 Å². The molecule has 0 aromatic heterocycles. The van der Waals surface area contributed by atoms with E-state index < -0.39 is 32.5 Å². The maximum Gasteiger partial charge on any atom is 0.224 e. The van der Waals surface area contributed by atoms with E-state index in [1.54, 1.807) is 26.4 Å². The zero-order valence-electron chi connectivity index (χ0n) is 22.1. The fourth-order valence-corrected chi connectivity index (χ4v) is 7.16. The third-order valence-corrected chi connectivity index (χ3v) is 9.71. The lowest BCUT2D eigenvalue weighted by molar-refractivity contribution is -0.115. The minimum absolute atomic E-state index is 0.0797. The van der Waals surface area contributed by atoms with Crippen molar-refractivity contribution in [1.29, 1.82) is 0 Å². The van der Waals surface area contributed by atoms with Gasteiger partial charge < -0.3 is 14.3 Å². The van der Waals surface area contributed by atoms with Crippen molar-refractivity contribution in [3.63, 3.8) is 0 Å². The fraction of sp³-hybridized carbons (Fsp3) is 0.429. The van der Waals surface area contributed by atoms with E-state index in [1.165, 1.54) is 28.6 Å². The summed E-state index contributed by atoms with van der Waals surface area (Å²) in [7, 11) is -0.749. The molecule has 8 nitrogen and oxygen atoms in total. The maximum atomic E-state index is 14.4. The van der Waals surface area contributed by atoms with Crippen LogP contribution in [0.1, 0.15) is 43.1 Å². The van der Waals surface area contributed by atoms with Crippen LogP contribution in [0, 0.1) is 11.2 Å². The Hall–Kier alpha value is -3.24. The number of halogens is 1. The van der Waals surface area contributed by atoms with Crippen LogP contribution in [0.5, 0.6) is 11.5 Å². The van der Waals surface area contributed by atoms with Crippen LogP contribution in [0.25, 0.3) is 0 Å². The Morgan fingerprint density at radius 2 is 1.76 bits per heavy atom. The standard InChI is InChI=1S/C28H34FN3O5S/c1-6-25(21-9-7-8-10-22(21)29)38(34,35)31-15-13-20(14-16-31)32-26(18-33)28(2,3)27(30-32)19-11-12-23(36-4)24(17-19)37-5/h6-12,17-18,20,25-26H,1,13-16H2,2-5H3. The lowest BCUT2D eigenvalue weighted by Crippen LogP contribution is -2.50. The number of aldehydes is 1. The number of rotatable bonds is 9. The van der Waals surface area contributed by atoms with E-state index in [-0.39, 0.29) is 24.7 Å². The van der Waals surface area contributed by atoms with Gasteiger partial charge in [0.2, 0.25) is 10.0 Å². The van der Waals surface area contributed by atoms with Crippen molar-refractivity contribution in [3.8, 4) is 11.5 Å². The molecular formula is C28H34FN3O5S. The van der Waals surface area contributed by atoms with Gasteiger partial charge in [0.1, 0.15) is 23.4 Å². The molecule has 38 heavy (non-hydrogen) atoms. The van der Waals surface area contributed by atoms with Gasteiger partial charge in [0.25, 0.3) is 0 Å². The number of piperidine rings is 1. The number of nitrogens with zero attached hydrogens (tertiary/aromatic N) is 3. The Kier molecular flexibility index (Phi) is 7.94. The van der Waals surface area contributed by atoms with Gasteiger partial charge in [0.05, 0.1) is 26.0 Å². The van der Waals surface area contributed by atoms with E-state index in [0.717, 1.165) is 17.6 Å². The molecule has 2 aliphatic rings. The average molecular weight is 544 g/mol. The third kappa shape index (κ3) is 4.82. The van der Waals surface area contributed by atoms with E-state index in [9.17, 15) is 17.6 Å². The summed E-state index contributed by atoms with van der Waals surface area (Å²) in [5.41, 5.74) is 1.05. The van der Waals surface area contributed by atoms with Gasteiger partial charge in [0, 0.05) is 29.6 Å². The van der Waals surface area contributed by atoms with Gasteiger partial charge in [-0.25, -0.2) is 17.1 Å². The van der Waals surface area contributed by atoms with Crippen LogP contribution in [0.2, 0.25) is 0 Å². The number of hydrogen-bond donors (Lipinski definition) is 0. The number of hydrogen-bond acceptors (Lipinski definition) is 7. The van der Waals surface area contributed by atoms with Crippen molar-refractivity contribution in [1.82, 2.24) is 9.31 Å². The maximum absolute atomic E-state index is 14.4. The van der Waals surface area contributed by atoms with Crippen molar-refractivity contribution >= 4 is 22.0 Å². The molecule has 0 aliphatic carbocycles. The summed E-state index contributed by atoms with van der Waals surface area (Å²) in [6.07, 6.45) is 3.13. The summed E-state index contributed by atoms with van der Waals surface area (Å²) in [6.45, 7) is 8.08. The predicted molar refractivity (Wildman–Crippen MR) is 144 cm³/mol. The lowest BCUT2D eigenvalue weighted by atomic mass is 9.78. The van der Waals surface area contributed by atoms with E-state index in [1.807, 2.05) is 31.0 Å². The second kappa shape index (κ2) is 10.9. The molecule has 0 amide bonds. The fourth-order valence-electron chi connectivity index (χ4n) is 5.37. The molecular weight excluding hydrogens is 509 g/mol. The lowest BCUT2D eigenvalue weighted by Gasteiger charge is -2.39. The topological polar surface area (TPSA) is 88.5 Å². The van der Waals surface area contributed by atoms with Crippen LogP contribution in [0.3, 0.4) is 0 Å². The van der Waals surface area contributed by atoms with Crippen molar-refractivity contribution in [2.75, 3.05) is 27.3 Å². The molecule has 0 spiro atoms. The minimum Gasteiger partial charge on any atom is -0.493 e. The molecule has 0 radical (unpaired) electrons. The van der Waals surface area contributed by atoms with E-state index in [2.05, 4.69) is 6.58 Å². The van der Waals surface area contributed by atoms with Crippen LogP contribution in [-0.2, 0) is 14.8 Å². The number of carbonyl (C=O) groups excluding carboxylic acids is 1. The summed E-state index contributed by atoms with van der Waals surface area (Å²) in [4.78, 5) is 12.3. The third-order valence-electron chi connectivity index (χ3n) is 7.54. The zero-order valence-corrected chi connectivity index (χ0v) is 22.9. The number of hydrazone groups is 1. The molecule has 4 rings (SSSR count). The first-order chi connectivity index (χ1) is 18.1. The molecule has 2 heterocycles. The largest absolute Gasteiger partial charge is 0.493 e. The van der Waals surface area contributed by atoms with Crippen LogP contribution >= 0.6 is 0 Å². The SMILES string of the molecule is C=CC(c1ccccc1F)S(=O)(=O)N1CCC(N2N=C(c3ccc(OC)c(OC)c3)C(C)(C)C2C=O)CC1. The van der Waals surface area contributed by atoms with Crippen LogP contribution < -0.4 is 9.47 Å². The van der Waals surface area contributed by atoms with Gasteiger partial charge in [-0.3, -0.25) is 5.01 Å². The zero-order chi connectivity index (χ0) is 27.7. The molecule has 2 atom stereocenters. The average Bonchev–Trinajstić information content (AvgIpc) is 3.19. The molecule has 204 valence electrons. The van der Waals surface area contributed by atoms with E-state index >= 15 is 0 Å². The second-order valence-corrected chi connectivity index (χ2v) is 12.1. The molecule has 0 N–H and O–H groups in total. The highest BCUT2D eigenvalue weighted by atomic mass is 32.2. The first-order valence-corrected chi connectivity index (χ1v) is 14.0. The monoisotopic (exact) mass is 543 g/mol. The highest BCUT2D eigenvalue weighted by Crippen LogP contribution is 2.41. The number of ether oxygens (including phenoxy) is 2. The smallest absolute Gasteiger partial charge is 0.224 e. The molecule has 2 aromatic rings. The Morgan fingerprint density at radius 1 is 1.11 bits per heavy atom. The Bertz CT molecular complexity index is 1340. The van der Waals surface area contributed by atoms with Gasteiger partial charge in [-0.1, -0.05) is 38.1 Å². The molecule has 1 fully saturated rings. The quantitative estimate of drug-likeness (QED) is 0.348. The molecule has 0 bridgehead atoms. The van der Waals surface area contributed by atoms with E-state index in [4.69, 9.17) is 14.6 Å². The molecule has 2 aliphatic heterocycles. The first-order valence-electron chi connectivity index (χ1n) is 12.5. The normalized spacial score (nSPS) is 21.0.